The lowest BCUT2D eigenvalue weighted by molar-refractivity contribution is 0.746. The van der Waals surface area contributed by atoms with Gasteiger partial charge in [-0.15, -0.1) is 0 Å². The first-order chi connectivity index (χ1) is 10.8. The van der Waals surface area contributed by atoms with E-state index in [-0.39, 0.29) is 0 Å². The van der Waals surface area contributed by atoms with Crippen LogP contribution in [0.15, 0.2) is 42.5 Å². The molecule has 1 unspecified atom stereocenters. The second-order valence-electron chi connectivity index (χ2n) is 6.52. The summed E-state index contributed by atoms with van der Waals surface area (Å²) in [5, 5.41) is 3.71. The molecule has 0 saturated heterocycles. The maximum Gasteiger partial charge on any atom is 0.0378 e. The number of rotatable bonds is 6. The van der Waals surface area contributed by atoms with Crippen LogP contribution in [-0.4, -0.2) is 6.54 Å². The average molecular weight is 293 g/mol. The van der Waals surface area contributed by atoms with Crippen LogP contribution >= 0.6 is 0 Å². The zero-order valence-electron chi connectivity index (χ0n) is 13.9. The lowest BCUT2D eigenvalue weighted by Gasteiger charge is -2.15. The molecule has 0 heterocycles. The molecule has 0 amide bonds. The van der Waals surface area contributed by atoms with Gasteiger partial charge in [-0.05, 0) is 66.3 Å². The third-order valence-corrected chi connectivity index (χ3v) is 4.91. The summed E-state index contributed by atoms with van der Waals surface area (Å²) in [4.78, 5) is 0. The molecule has 1 atom stereocenters. The van der Waals surface area contributed by atoms with Crippen LogP contribution in [-0.2, 0) is 19.3 Å². The van der Waals surface area contributed by atoms with Crippen LogP contribution in [0.5, 0.6) is 0 Å². The second-order valence-corrected chi connectivity index (χ2v) is 6.52. The molecular weight excluding hydrogens is 266 g/mol. The topological polar surface area (TPSA) is 12.0 Å². The van der Waals surface area contributed by atoms with Crippen molar-refractivity contribution in [3.05, 3.63) is 64.7 Å². The Bertz CT molecular complexity index is 615. The highest BCUT2D eigenvalue weighted by Gasteiger charge is 2.21. The van der Waals surface area contributed by atoms with E-state index in [1.807, 2.05) is 0 Å². The summed E-state index contributed by atoms with van der Waals surface area (Å²) in [6, 6.07) is 15.6. The average Bonchev–Trinajstić information content (AvgIpc) is 2.94. The van der Waals surface area contributed by atoms with Gasteiger partial charge in [0.15, 0.2) is 0 Å². The fourth-order valence-electron chi connectivity index (χ4n) is 3.51. The summed E-state index contributed by atoms with van der Waals surface area (Å²) in [5.74, 6) is 0.728. The molecule has 1 heteroatoms. The highest BCUT2D eigenvalue weighted by molar-refractivity contribution is 5.59. The Morgan fingerprint density at radius 3 is 2.68 bits per heavy atom. The van der Waals surface area contributed by atoms with E-state index in [1.54, 1.807) is 11.1 Å². The van der Waals surface area contributed by atoms with Crippen LogP contribution in [0.2, 0.25) is 0 Å². The first kappa shape index (κ1) is 15.1. The van der Waals surface area contributed by atoms with Crippen molar-refractivity contribution in [2.24, 2.45) is 0 Å². The van der Waals surface area contributed by atoms with E-state index >= 15 is 0 Å². The van der Waals surface area contributed by atoms with Crippen molar-refractivity contribution in [3.63, 3.8) is 0 Å². The normalized spacial score (nSPS) is 16.5. The van der Waals surface area contributed by atoms with Gasteiger partial charge in [-0.3, -0.25) is 0 Å². The number of nitrogens with one attached hydrogen (secondary N) is 1. The van der Waals surface area contributed by atoms with Gasteiger partial charge in [0, 0.05) is 12.2 Å². The van der Waals surface area contributed by atoms with Crippen molar-refractivity contribution in [2.45, 2.75) is 51.9 Å². The molecule has 1 aliphatic carbocycles. The number of hydrogen-bond acceptors (Lipinski definition) is 1. The molecule has 1 nitrogen and oxygen atoms in total. The predicted molar refractivity (Wildman–Crippen MR) is 95.8 cm³/mol. The maximum absolute atomic E-state index is 3.71. The number of aryl methyl sites for hydroxylation is 2. The Kier molecular flexibility index (Phi) is 4.82. The molecule has 1 N–H and O–H groups in total. The molecule has 0 radical (unpaired) electrons. The molecule has 0 bridgehead atoms. The summed E-state index contributed by atoms with van der Waals surface area (Å²) < 4.78 is 0. The monoisotopic (exact) mass is 293 g/mol. The lowest BCUT2D eigenvalue weighted by Crippen LogP contribution is -2.06. The molecule has 1 aliphatic rings. The van der Waals surface area contributed by atoms with Gasteiger partial charge in [0.2, 0.25) is 0 Å². The van der Waals surface area contributed by atoms with Crippen molar-refractivity contribution in [2.75, 3.05) is 11.9 Å². The lowest BCUT2D eigenvalue weighted by atomic mass is 9.98. The Hall–Kier alpha value is -1.76. The highest BCUT2D eigenvalue weighted by Crippen LogP contribution is 2.38. The fourth-order valence-corrected chi connectivity index (χ4v) is 3.51. The first-order valence-electron chi connectivity index (χ1n) is 8.71. The van der Waals surface area contributed by atoms with Crippen molar-refractivity contribution in [1.82, 2.24) is 0 Å². The van der Waals surface area contributed by atoms with E-state index in [4.69, 9.17) is 0 Å². The van der Waals surface area contributed by atoms with Crippen molar-refractivity contribution in [1.29, 1.82) is 0 Å². The van der Waals surface area contributed by atoms with Gasteiger partial charge in [0.25, 0.3) is 0 Å². The number of hydrogen-bond donors (Lipinski definition) is 1. The smallest absolute Gasteiger partial charge is 0.0378 e. The van der Waals surface area contributed by atoms with E-state index in [0.717, 1.165) is 25.3 Å². The maximum atomic E-state index is 3.71. The van der Waals surface area contributed by atoms with Crippen molar-refractivity contribution < 1.29 is 0 Å². The van der Waals surface area contributed by atoms with E-state index < -0.39 is 0 Å². The van der Waals surface area contributed by atoms with Crippen molar-refractivity contribution in [3.8, 4) is 0 Å². The van der Waals surface area contributed by atoms with Gasteiger partial charge in [-0.2, -0.15) is 0 Å². The molecular formula is C21H27N. The third-order valence-electron chi connectivity index (χ3n) is 4.91. The molecule has 2 aromatic carbocycles. The Balaban J connectivity index is 1.63. The third kappa shape index (κ3) is 3.35. The van der Waals surface area contributed by atoms with Gasteiger partial charge in [0.05, 0.1) is 0 Å². The standard InChI is InChI=1S/C21H27N/c1-3-17-14-20-16(2)11-12-19(20)21(15-17)22-13-7-10-18-8-5-4-6-9-18/h4-6,8-9,14-16,22H,3,7,10-13H2,1-2H3. The van der Waals surface area contributed by atoms with Gasteiger partial charge < -0.3 is 5.32 Å². The fraction of sp³-hybridized carbons (Fsp3) is 0.429. The SMILES string of the molecule is CCc1cc(NCCCc2ccccc2)c2c(c1)C(C)CC2. The summed E-state index contributed by atoms with van der Waals surface area (Å²) in [5.41, 5.74) is 7.46. The minimum Gasteiger partial charge on any atom is -0.385 e. The van der Waals surface area contributed by atoms with Gasteiger partial charge in [0.1, 0.15) is 0 Å². The van der Waals surface area contributed by atoms with E-state index in [9.17, 15) is 0 Å². The number of anilines is 1. The zero-order valence-corrected chi connectivity index (χ0v) is 13.9. The van der Waals surface area contributed by atoms with E-state index in [2.05, 4.69) is 61.6 Å². The minimum atomic E-state index is 0.728. The van der Waals surface area contributed by atoms with Crippen LogP contribution in [0.4, 0.5) is 5.69 Å². The summed E-state index contributed by atoms with van der Waals surface area (Å²) in [7, 11) is 0. The Morgan fingerprint density at radius 2 is 1.91 bits per heavy atom. The van der Waals surface area contributed by atoms with E-state index in [0.29, 0.717) is 0 Å². The molecule has 2 aromatic rings. The summed E-state index contributed by atoms with van der Waals surface area (Å²) in [6.07, 6.45) is 6.01. The van der Waals surface area contributed by atoms with Gasteiger partial charge >= 0.3 is 0 Å². The molecule has 3 rings (SSSR count). The Morgan fingerprint density at radius 1 is 1.09 bits per heavy atom. The quantitative estimate of drug-likeness (QED) is 0.708. The molecule has 0 saturated carbocycles. The summed E-state index contributed by atoms with van der Waals surface area (Å²) in [6.45, 7) is 5.67. The molecule has 0 spiro atoms. The van der Waals surface area contributed by atoms with Crippen LogP contribution in [0.1, 0.15) is 54.9 Å². The van der Waals surface area contributed by atoms with Gasteiger partial charge in [-0.1, -0.05) is 50.2 Å². The molecule has 22 heavy (non-hydrogen) atoms. The van der Waals surface area contributed by atoms with Crippen LogP contribution < -0.4 is 5.32 Å². The largest absolute Gasteiger partial charge is 0.385 e. The second kappa shape index (κ2) is 7.00. The molecule has 116 valence electrons. The molecule has 0 aromatic heterocycles. The van der Waals surface area contributed by atoms with Crippen LogP contribution in [0.3, 0.4) is 0 Å². The minimum absolute atomic E-state index is 0.728. The highest BCUT2D eigenvalue weighted by atomic mass is 14.9. The van der Waals surface area contributed by atoms with E-state index in [1.165, 1.54) is 36.1 Å². The first-order valence-corrected chi connectivity index (χ1v) is 8.71. The Labute approximate surface area is 134 Å². The summed E-state index contributed by atoms with van der Waals surface area (Å²) >= 11 is 0. The zero-order chi connectivity index (χ0) is 15.4. The van der Waals surface area contributed by atoms with Crippen LogP contribution in [0, 0.1) is 0 Å². The van der Waals surface area contributed by atoms with Gasteiger partial charge in [-0.25, -0.2) is 0 Å². The van der Waals surface area contributed by atoms with Crippen molar-refractivity contribution >= 4 is 5.69 Å². The van der Waals surface area contributed by atoms with Crippen LogP contribution in [0.25, 0.3) is 0 Å². The number of benzene rings is 2. The predicted octanol–water partition coefficient (Wildman–Crippen LogP) is 5.34. The molecule has 0 fully saturated rings. The number of fused-ring (bicyclic) bond motifs is 1. The molecule has 0 aliphatic heterocycles.